The van der Waals surface area contributed by atoms with Gasteiger partial charge >= 0.3 is 6.18 Å². The number of fused-ring (bicyclic) bond motifs is 3. The third-order valence-electron chi connectivity index (χ3n) is 4.75. The standard InChI is InChI=1S/C17H21F3N2O4/c1-8(2)16(25)21-9-3-4-11(10(7-9)17(18,19)20)22-12-5-6-13(26-22)15(24)14(12)23/h3-4,7-8,12-15,23-24H,5-6H2,1-2H3,(H,21,25). The van der Waals surface area contributed by atoms with E-state index in [1.165, 1.54) is 12.1 Å². The minimum absolute atomic E-state index is 0.0301. The fourth-order valence-electron chi connectivity index (χ4n) is 3.27. The van der Waals surface area contributed by atoms with E-state index in [0.29, 0.717) is 12.8 Å². The van der Waals surface area contributed by atoms with Crippen molar-refractivity contribution in [3.05, 3.63) is 23.8 Å². The maximum atomic E-state index is 13.6. The molecular formula is C17H21F3N2O4. The molecule has 2 saturated heterocycles. The molecular weight excluding hydrogens is 353 g/mol. The lowest BCUT2D eigenvalue weighted by Gasteiger charge is -2.50. The Hall–Kier alpha value is -1.84. The summed E-state index contributed by atoms with van der Waals surface area (Å²) in [6.07, 6.45) is -6.88. The van der Waals surface area contributed by atoms with Crippen LogP contribution in [0.5, 0.6) is 0 Å². The van der Waals surface area contributed by atoms with Crippen LogP contribution in [-0.2, 0) is 15.8 Å². The summed E-state index contributed by atoms with van der Waals surface area (Å²) < 4.78 is 40.8. The molecule has 1 amide bonds. The number of alkyl halides is 3. The van der Waals surface area contributed by atoms with E-state index in [2.05, 4.69) is 5.32 Å². The van der Waals surface area contributed by atoms with E-state index in [0.717, 1.165) is 11.1 Å². The Labute approximate surface area is 148 Å². The van der Waals surface area contributed by atoms with E-state index in [1.54, 1.807) is 13.8 Å². The average Bonchev–Trinajstić information content (AvgIpc) is 2.58. The summed E-state index contributed by atoms with van der Waals surface area (Å²) in [7, 11) is 0. The number of anilines is 2. The zero-order chi connectivity index (χ0) is 19.2. The quantitative estimate of drug-likeness (QED) is 0.756. The number of aliphatic hydroxyl groups is 2. The Kier molecular flexibility index (Phi) is 4.89. The van der Waals surface area contributed by atoms with E-state index in [1.807, 2.05) is 0 Å². The molecule has 4 unspecified atom stereocenters. The molecule has 3 fully saturated rings. The van der Waals surface area contributed by atoms with Gasteiger partial charge in [0.2, 0.25) is 5.91 Å². The van der Waals surface area contributed by atoms with Crippen LogP contribution in [0.15, 0.2) is 18.2 Å². The first kappa shape index (κ1) is 18.9. The molecule has 26 heavy (non-hydrogen) atoms. The SMILES string of the molecule is CC(C)C(=O)Nc1ccc(N2OC3CCC2C(O)C3O)c(C(F)(F)F)c1. The largest absolute Gasteiger partial charge is 0.418 e. The number of carbonyl (C=O) groups is 1. The first-order valence-electron chi connectivity index (χ1n) is 8.44. The van der Waals surface area contributed by atoms with Crippen molar-refractivity contribution in [1.82, 2.24) is 0 Å². The average molecular weight is 374 g/mol. The zero-order valence-electron chi connectivity index (χ0n) is 14.3. The molecule has 0 aromatic heterocycles. The van der Waals surface area contributed by atoms with Gasteiger partial charge in [-0.2, -0.15) is 13.2 Å². The molecule has 0 spiro atoms. The fourth-order valence-corrected chi connectivity index (χ4v) is 3.27. The van der Waals surface area contributed by atoms with E-state index in [-0.39, 0.29) is 17.3 Å². The molecule has 1 aliphatic carbocycles. The van der Waals surface area contributed by atoms with Gasteiger partial charge < -0.3 is 15.5 Å². The minimum Gasteiger partial charge on any atom is -0.388 e. The van der Waals surface area contributed by atoms with Crippen molar-refractivity contribution in [3.63, 3.8) is 0 Å². The number of hydrogen-bond acceptors (Lipinski definition) is 5. The summed E-state index contributed by atoms with van der Waals surface area (Å²) in [6, 6.07) is 2.65. The first-order valence-corrected chi connectivity index (χ1v) is 8.44. The third-order valence-corrected chi connectivity index (χ3v) is 4.75. The molecule has 0 radical (unpaired) electrons. The van der Waals surface area contributed by atoms with Gasteiger partial charge in [-0.15, -0.1) is 0 Å². The van der Waals surface area contributed by atoms with Gasteiger partial charge in [0.15, 0.2) is 0 Å². The number of halogens is 3. The number of hydroxylamine groups is 1. The second-order valence-corrected chi connectivity index (χ2v) is 6.97. The Bertz CT molecular complexity index is 693. The van der Waals surface area contributed by atoms with Gasteiger partial charge in [0.1, 0.15) is 18.3 Å². The van der Waals surface area contributed by atoms with Crippen LogP contribution in [0.25, 0.3) is 0 Å². The van der Waals surface area contributed by atoms with Gasteiger partial charge in [-0.25, -0.2) is 5.06 Å². The Morgan fingerprint density at radius 2 is 1.96 bits per heavy atom. The minimum atomic E-state index is -4.68. The van der Waals surface area contributed by atoms with Gasteiger partial charge in [-0.1, -0.05) is 13.8 Å². The topological polar surface area (TPSA) is 82.0 Å². The van der Waals surface area contributed by atoms with E-state index in [4.69, 9.17) is 4.84 Å². The molecule has 2 heterocycles. The second kappa shape index (κ2) is 6.71. The molecule has 1 saturated carbocycles. The molecule has 1 aromatic rings. The lowest BCUT2D eigenvalue weighted by atomic mass is 9.85. The highest BCUT2D eigenvalue weighted by Gasteiger charge is 2.49. The van der Waals surface area contributed by atoms with E-state index in [9.17, 15) is 28.2 Å². The Balaban J connectivity index is 1.96. The molecule has 1 aromatic carbocycles. The van der Waals surface area contributed by atoms with Gasteiger partial charge in [-0.05, 0) is 31.0 Å². The van der Waals surface area contributed by atoms with E-state index < -0.39 is 42.0 Å². The van der Waals surface area contributed by atoms with Crippen LogP contribution < -0.4 is 10.4 Å². The van der Waals surface area contributed by atoms with E-state index >= 15 is 0 Å². The third kappa shape index (κ3) is 3.38. The van der Waals surface area contributed by atoms with Crippen molar-refractivity contribution >= 4 is 17.3 Å². The molecule has 9 heteroatoms. The van der Waals surface area contributed by atoms with Crippen molar-refractivity contribution in [2.75, 3.05) is 10.4 Å². The highest BCUT2D eigenvalue weighted by molar-refractivity contribution is 5.92. The van der Waals surface area contributed by atoms with Gasteiger partial charge in [0, 0.05) is 11.6 Å². The van der Waals surface area contributed by atoms with Gasteiger partial charge in [-0.3, -0.25) is 9.63 Å². The maximum Gasteiger partial charge on any atom is 0.418 e. The number of nitrogens with zero attached hydrogens (tertiary/aromatic N) is 1. The van der Waals surface area contributed by atoms with Crippen LogP contribution in [0, 0.1) is 5.92 Å². The number of aliphatic hydroxyl groups excluding tert-OH is 2. The molecule has 4 atom stereocenters. The number of amides is 1. The van der Waals surface area contributed by atoms with Crippen LogP contribution in [0.1, 0.15) is 32.3 Å². The monoisotopic (exact) mass is 374 g/mol. The number of benzene rings is 1. The molecule has 144 valence electrons. The summed E-state index contributed by atoms with van der Waals surface area (Å²) in [6.45, 7) is 3.28. The summed E-state index contributed by atoms with van der Waals surface area (Å²) in [5, 5.41) is 23.5. The molecule has 2 aliphatic heterocycles. The summed E-state index contributed by atoms with van der Waals surface area (Å²) in [4.78, 5) is 17.2. The van der Waals surface area contributed by atoms with Crippen LogP contribution in [0.2, 0.25) is 0 Å². The van der Waals surface area contributed by atoms with Crippen molar-refractivity contribution in [2.45, 2.75) is 57.2 Å². The number of nitrogens with one attached hydrogen (secondary N) is 1. The highest BCUT2D eigenvalue weighted by atomic mass is 19.4. The smallest absolute Gasteiger partial charge is 0.388 e. The zero-order valence-corrected chi connectivity index (χ0v) is 14.3. The molecule has 3 aliphatic rings. The number of rotatable bonds is 3. The highest BCUT2D eigenvalue weighted by Crippen LogP contribution is 2.43. The van der Waals surface area contributed by atoms with Crippen LogP contribution in [0.3, 0.4) is 0 Å². The van der Waals surface area contributed by atoms with Gasteiger partial charge in [0.05, 0.1) is 17.3 Å². The summed E-state index contributed by atoms with van der Waals surface area (Å²) in [5.74, 6) is -0.764. The number of hydrogen-bond donors (Lipinski definition) is 3. The lowest BCUT2D eigenvalue weighted by Crippen LogP contribution is -2.64. The summed E-state index contributed by atoms with van der Waals surface area (Å²) >= 11 is 0. The Morgan fingerprint density at radius 3 is 2.54 bits per heavy atom. The van der Waals surface area contributed by atoms with Crippen LogP contribution >= 0.6 is 0 Å². The molecule has 6 nitrogen and oxygen atoms in total. The normalized spacial score (nSPS) is 28.5. The van der Waals surface area contributed by atoms with Crippen molar-refractivity contribution in [3.8, 4) is 0 Å². The molecule has 3 N–H and O–H groups in total. The first-order chi connectivity index (χ1) is 12.1. The molecule has 2 bridgehead atoms. The lowest BCUT2D eigenvalue weighted by molar-refractivity contribution is -0.188. The molecule has 4 rings (SSSR count). The Morgan fingerprint density at radius 1 is 1.27 bits per heavy atom. The van der Waals surface area contributed by atoms with Crippen molar-refractivity contribution < 1.29 is 33.0 Å². The van der Waals surface area contributed by atoms with Crippen LogP contribution in [0.4, 0.5) is 24.5 Å². The maximum absolute atomic E-state index is 13.6. The van der Waals surface area contributed by atoms with Crippen molar-refractivity contribution in [1.29, 1.82) is 0 Å². The van der Waals surface area contributed by atoms with Gasteiger partial charge in [0.25, 0.3) is 0 Å². The predicted molar refractivity (Wildman–Crippen MR) is 87.3 cm³/mol. The summed E-state index contributed by atoms with van der Waals surface area (Å²) in [5.41, 5.74) is -1.20. The predicted octanol–water partition coefficient (Wildman–Crippen LogP) is 2.30. The van der Waals surface area contributed by atoms with Crippen LogP contribution in [-0.4, -0.2) is 40.5 Å². The number of carbonyl (C=O) groups excluding carboxylic acids is 1. The fraction of sp³-hybridized carbons (Fsp3) is 0.588. The van der Waals surface area contributed by atoms with Crippen molar-refractivity contribution in [2.24, 2.45) is 5.92 Å². The second-order valence-electron chi connectivity index (χ2n) is 6.97.